The molecule has 3 fully saturated rings. The summed E-state index contributed by atoms with van der Waals surface area (Å²) >= 11 is 0. The normalized spacial score (nSPS) is 40.9. The lowest BCUT2D eigenvalue weighted by Crippen LogP contribution is -2.48. The van der Waals surface area contributed by atoms with Crippen molar-refractivity contribution in [1.82, 2.24) is 9.80 Å². The fourth-order valence-electron chi connectivity index (χ4n) is 3.65. The smallest absolute Gasteiger partial charge is 0.0235 e. The number of piperidine rings is 1. The molecule has 3 nitrogen and oxygen atoms in total. The van der Waals surface area contributed by atoms with Gasteiger partial charge in [0.1, 0.15) is 0 Å². The predicted octanol–water partition coefficient (Wildman–Crippen LogP) is 1.14. The Morgan fingerprint density at radius 3 is 2.35 bits per heavy atom. The minimum absolute atomic E-state index is 0.735. The zero-order valence-corrected chi connectivity index (χ0v) is 11.1. The molecule has 0 aromatic carbocycles. The molecule has 2 N–H and O–H groups in total. The second-order valence-corrected chi connectivity index (χ2v) is 6.43. The van der Waals surface area contributed by atoms with E-state index in [0.717, 1.165) is 30.5 Å². The summed E-state index contributed by atoms with van der Waals surface area (Å²) in [6.07, 6.45) is 5.65. The molecule has 3 unspecified atom stereocenters. The van der Waals surface area contributed by atoms with Gasteiger partial charge in [-0.05, 0) is 50.6 Å². The first-order chi connectivity index (χ1) is 8.28. The van der Waals surface area contributed by atoms with E-state index in [1.54, 1.807) is 0 Å². The standard InChI is InChI=1S/C14H27N3/c1-11-4-6-16(9-12(11)8-15)14-5-7-17(10-14)13-2-3-13/h11-14H,2-10,15H2,1H3. The summed E-state index contributed by atoms with van der Waals surface area (Å²) in [7, 11) is 0. The first-order valence-corrected chi connectivity index (χ1v) is 7.46. The number of nitrogens with zero attached hydrogens (tertiary/aromatic N) is 2. The van der Waals surface area contributed by atoms with Gasteiger partial charge in [0.05, 0.1) is 0 Å². The molecule has 0 radical (unpaired) electrons. The average Bonchev–Trinajstić information content (AvgIpc) is 3.08. The summed E-state index contributed by atoms with van der Waals surface area (Å²) in [6.45, 7) is 8.48. The van der Waals surface area contributed by atoms with Crippen molar-refractivity contribution >= 4 is 0 Å². The zero-order chi connectivity index (χ0) is 11.8. The highest BCUT2D eigenvalue weighted by Crippen LogP contribution is 2.32. The fourth-order valence-corrected chi connectivity index (χ4v) is 3.65. The largest absolute Gasteiger partial charge is 0.330 e. The average molecular weight is 237 g/mol. The minimum atomic E-state index is 0.735. The van der Waals surface area contributed by atoms with E-state index in [1.807, 2.05) is 0 Å². The van der Waals surface area contributed by atoms with Crippen LogP contribution in [0.2, 0.25) is 0 Å². The van der Waals surface area contributed by atoms with E-state index < -0.39 is 0 Å². The zero-order valence-electron chi connectivity index (χ0n) is 11.1. The summed E-state index contributed by atoms with van der Waals surface area (Å²) < 4.78 is 0. The Hall–Kier alpha value is -0.120. The van der Waals surface area contributed by atoms with Gasteiger partial charge in [0.2, 0.25) is 0 Å². The van der Waals surface area contributed by atoms with E-state index >= 15 is 0 Å². The van der Waals surface area contributed by atoms with Gasteiger partial charge in [0.15, 0.2) is 0 Å². The van der Waals surface area contributed by atoms with Crippen molar-refractivity contribution in [3.63, 3.8) is 0 Å². The highest BCUT2D eigenvalue weighted by molar-refractivity contribution is 4.94. The van der Waals surface area contributed by atoms with Gasteiger partial charge >= 0.3 is 0 Å². The summed E-state index contributed by atoms with van der Waals surface area (Å²) in [4.78, 5) is 5.46. The van der Waals surface area contributed by atoms with E-state index in [1.165, 1.54) is 51.9 Å². The highest BCUT2D eigenvalue weighted by atomic mass is 15.3. The third-order valence-electron chi connectivity index (χ3n) is 5.22. The molecule has 3 heteroatoms. The Morgan fingerprint density at radius 2 is 1.65 bits per heavy atom. The van der Waals surface area contributed by atoms with Gasteiger partial charge in [0, 0.05) is 31.7 Å². The van der Waals surface area contributed by atoms with E-state index in [2.05, 4.69) is 16.7 Å². The number of nitrogens with two attached hydrogens (primary N) is 1. The SMILES string of the molecule is CC1CCN(C2CCN(C3CC3)C2)CC1CN. The number of likely N-dealkylation sites (tertiary alicyclic amines) is 2. The van der Waals surface area contributed by atoms with Crippen molar-refractivity contribution < 1.29 is 0 Å². The Morgan fingerprint density at radius 1 is 0.941 bits per heavy atom. The third kappa shape index (κ3) is 2.51. The van der Waals surface area contributed by atoms with Crippen LogP contribution < -0.4 is 5.73 Å². The number of hydrogen-bond acceptors (Lipinski definition) is 3. The van der Waals surface area contributed by atoms with Crippen LogP contribution in [0.3, 0.4) is 0 Å². The molecule has 2 saturated heterocycles. The van der Waals surface area contributed by atoms with Gasteiger partial charge in [-0.2, -0.15) is 0 Å². The topological polar surface area (TPSA) is 32.5 Å². The molecule has 0 aromatic heterocycles. The molecular formula is C14H27N3. The van der Waals surface area contributed by atoms with Crippen LogP contribution in [0.1, 0.15) is 32.6 Å². The molecule has 98 valence electrons. The maximum Gasteiger partial charge on any atom is 0.0235 e. The molecule has 3 aliphatic rings. The van der Waals surface area contributed by atoms with Crippen molar-refractivity contribution in [1.29, 1.82) is 0 Å². The first kappa shape index (κ1) is 11.9. The summed E-state index contributed by atoms with van der Waals surface area (Å²) in [5, 5.41) is 0. The predicted molar refractivity (Wildman–Crippen MR) is 70.9 cm³/mol. The molecule has 1 aliphatic carbocycles. The second-order valence-electron chi connectivity index (χ2n) is 6.43. The third-order valence-corrected chi connectivity index (χ3v) is 5.22. The van der Waals surface area contributed by atoms with Crippen molar-refractivity contribution in [2.24, 2.45) is 17.6 Å². The molecule has 0 spiro atoms. The fraction of sp³-hybridized carbons (Fsp3) is 1.00. The molecule has 2 heterocycles. The summed E-state index contributed by atoms with van der Waals surface area (Å²) in [6, 6.07) is 1.78. The Bertz CT molecular complexity index is 264. The number of rotatable bonds is 3. The summed E-state index contributed by atoms with van der Waals surface area (Å²) in [5.74, 6) is 1.57. The second kappa shape index (κ2) is 4.87. The first-order valence-electron chi connectivity index (χ1n) is 7.46. The molecule has 1 saturated carbocycles. The highest BCUT2D eigenvalue weighted by Gasteiger charge is 2.38. The molecular weight excluding hydrogens is 210 g/mol. The van der Waals surface area contributed by atoms with Crippen molar-refractivity contribution in [3.8, 4) is 0 Å². The van der Waals surface area contributed by atoms with E-state index in [-0.39, 0.29) is 0 Å². The lowest BCUT2D eigenvalue weighted by Gasteiger charge is -2.39. The molecule has 0 aromatic rings. The lowest BCUT2D eigenvalue weighted by molar-refractivity contribution is 0.0925. The van der Waals surface area contributed by atoms with Crippen LogP contribution >= 0.6 is 0 Å². The van der Waals surface area contributed by atoms with Crippen LogP contribution in [0.4, 0.5) is 0 Å². The van der Waals surface area contributed by atoms with E-state index in [0.29, 0.717) is 0 Å². The quantitative estimate of drug-likeness (QED) is 0.799. The lowest BCUT2D eigenvalue weighted by atomic mass is 9.86. The maximum absolute atomic E-state index is 5.90. The van der Waals surface area contributed by atoms with Gasteiger partial charge in [-0.15, -0.1) is 0 Å². The van der Waals surface area contributed by atoms with Gasteiger partial charge in [0.25, 0.3) is 0 Å². The maximum atomic E-state index is 5.90. The van der Waals surface area contributed by atoms with Crippen LogP contribution in [-0.4, -0.2) is 54.6 Å². The van der Waals surface area contributed by atoms with E-state index in [9.17, 15) is 0 Å². The monoisotopic (exact) mass is 237 g/mol. The minimum Gasteiger partial charge on any atom is -0.330 e. The van der Waals surface area contributed by atoms with Gasteiger partial charge in [-0.1, -0.05) is 6.92 Å². The molecule has 0 bridgehead atoms. The van der Waals surface area contributed by atoms with Crippen molar-refractivity contribution in [2.75, 3.05) is 32.7 Å². The van der Waals surface area contributed by atoms with Crippen LogP contribution in [-0.2, 0) is 0 Å². The van der Waals surface area contributed by atoms with Crippen molar-refractivity contribution in [2.45, 2.75) is 44.7 Å². The molecule has 17 heavy (non-hydrogen) atoms. The van der Waals surface area contributed by atoms with Crippen LogP contribution in [0.15, 0.2) is 0 Å². The summed E-state index contributed by atoms with van der Waals surface area (Å²) in [5.41, 5.74) is 5.90. The Labute approximate surface area is 105 Å². The van der Waals surface area contributed by atoms with Gasteiger partial charge < -0.3 is 5.73 Å². The van der Waals surface area contributed by atoms with Crippen molar-refractivity contribution in [3.05, 3.63) is 0 Å². The number of hydrogen-bond donors (Lipinski definition) is 1. The molecule has 2 aliphatic heterocycles. The van der Waals surface area contributed by atoms with E-state index in [4.69, 9.17) is 5.73 Å². The van der Waals surface area contributed by atoms with Gasteiger partial charge in [-0.3, -0.25) is 9.80 Å². The molecule has 3 atom stereocenters. The molecule has 0 amide bonds. The van der Waals surface area contributed by atoms with Crippen LogP contribution in [0.5, 0.6) is 0 Å². The Balaban J connectivity index is 1.54. The van der Waals surface area contributed by atoms with Crippen LogP contribution in [0, 0.1) is 11.8 Å². The Kier molecular flexibility index (Phi) is 3.42. The van der Waals surface area contributed by atoms with Gasteiger partial charge in [-0.25, -0.2) is 0 Å². The van der Waals surface area contributed by atoms with Crippen LogP contribution in [0.25, 0.3) is 0 Å². The molecule has 3 rings (SSSR count).